The summed E-state index contributed by atoms with van der Waals surface area (Å²) < 4.78 is 7.90. The molecule has 0 radical (unpaired) electrons. The number of nitrogens with two attached hydrogens (primary N) is 1. The average Bonchev–Trinajstić information content (AvgIpc) is 3.27. The molecular weight excluding hydrogens is 402 g/mol. The average molecular weight is 424 g/mol. The van der Waals surface area contributed by atoms with Crippen LogP contribution in [-0.4, -0.2) is 34.4 Å². The minimum Gasteiger partial charge on any atom is -0.368 e. The topological polar surface area (TPSA) is 77.6 Å². The van der Waals surface area contributed by atoms with Gasteiger partial charge in [-0.2, -0.15) is 0 Å². The molecule has 2 N–H and O–H groups in total. The van der Waals surface area contributed by atoms with Gasteiger partial charge >= 0.3 is 0 Å². The van der Waals surface area contributed by atoms with E-state index in [2.05, 4.69) is 12.1 Å². The normalized spacial score (nSPS) is 17.4. The molecule has 154 valence electrons. The highest BCUT2D eigenvalue weighted by atomic mass is 35.5. The van der Waals surface area contributed by atoms with Crippen molar-refractivity contribution in [3.05, 3.63) is 70.4 Å². The van der Waals surface area contributed by atoms with Crippen LogP contribution in [0, 0.1) is 0 Å². The van der Waals surface area contributed by atoms with E-state index >= 15 is 0 Å². The maximum Gasteiger partial charge on any atom is 0.256 e. The van der Waals surface area contributed by atoms with Gasteiger partial charge in [-0.05, 0) is 36.1 Å². The SMILES string of the molecule is NC(=O)Cn1cc(C(=O)N2CCC3(CC2)OCc2ccccc23)c2ccc(Cl)cc21. The van der Waals surface area contributed by atoms with Crippen LogP contribution in [0.2, 0.25) is 5.02 Å². The predicted octanol–water partition coefficient (Wildman–Crippen LogP) is 3.44. The van der Waals surface area contributed by atoms with Crippen molar-refractivity contribution >= 4 is 34.3 Å². The third-order valence-corrected chi connectivity index (χ3v) is 6.51. The standard InChI is InChI=1S/C23H22ClN3O3/c24-16-5-6-17-18(12-27(13-21(25)28)20(17)11-16)22(29)26-9-7-23(8-10-26)19-4-2-1-3-15(19)14-30-23/h1-6,11-12H,7-10,13-14H2,(H2,25,28). The van der Waals surface area contributed by atoms with E-state index in [1.54, 1.807) is 22.9 Å². The number of benzene rings is 2. The molecule has 1 aromatic heterocycles. The first-order valence-corrected chi connectivity index (χ1v) is 10.4. The van der Waals surface area contributed by atoms with Gasteiger partial charge in [0, 0.05) is 29.7 Å². The van der Waals surface area contributed by atoms with E-state index in [0.29, 0.717) is 30.3 Å². The third-order valence-electron chi connectivity index (χ3n) is 6.27. The van der Waals surface area contributed by atoms with Crippen LogP contribution in [0.15, 0.2) is 48.7 Å². The van der Waals surface area contributed by atoms with Crippen LogP contribution < -0.4 is 5.73 Å². The molecule has 0 saturated carbocycles. The van der Waals surface area contributed by atoms with Gasteiger partial charge in [0.05, 0.1) is 23.3 Å². The van der Waals surface area contributed by atoms with E-state index in [9.17, 15) is 9.59 Å². The number of halogens is 1. The maximum absolute atomic E-state index is 13.4. The van der Waals surface area contributed by atoms with Gasteiger partial charge in [-0.1, -0.05) is 41.9 Å². The monoisotopic (exact) mass is 423 g/mol. The summed E-state index contributed by atoms with van der Waals surface area (Å²) in [6.07, 6.45) is 3.24. The summed E-state index contributed by atoms with van der Waals surface area (Å²) in [5.74, 6) is -0.519. The lowest BCUT2D eigenvalue weighted by atomic mass is 9.83. The molecule has 2 aliphatic heterocycles. The molecule has 0 bridgehead atoms. The lowest BCUT2D eigenvalue weighted by Gasteiger charge is -2.39. The fourth-order valence-electron chi connectivity index (χ4n) is 4.77. The first-order valence-electron chi connectivity index (χ1n) is 10.1. The van der Waals surface area contributed by atoms with Crippen LogP contribution in [0.1, 0.15) is 34.3 Å². The first kappa shape index (κ1) is 19.2. The van der Waals surface area contributed by atoms with Crippen molar-refractivity contribution in [3.8, 4) is 0 Å². The summed E-state index contributed by atoms with van der Waals surface area (Å²) in [5.41, 5.74) is 8.88. The van der Waals surface area contributed by atoms with Crippen molar-refractivity contribution in [2.75, 3.05) is 13.1 Å². The Bertz CT molecular complexity index is 1160. The summed E-state index contributed by atoms with van der Waals surface area (Å²) in [7, 11) is 0. The number of rotatable bonds is 3. The Morgan fingerprint density at radius 2 is 1.90 bits per heavy atom. The molecule has 1 spiro atoms. The minimum atomic E-state index is -0.470. The van der Waals surface area contributed by atoms with Gasteiger partial charge in [-0.15, -0.1) is 0 Å². The van der Waals surface area contributed by atoms with E-state index in [1.807, 2.05) is 23.1 Å². The van der Waals surface area contributed by atoms with E-state index < -0.39 is 5.91 Å². The number of carbonyl (C=O) groups excluding carboxylic acids is 2. The van der Waals surface area contributed by atoms with Gasteiger partial charge in [0.2, 0.25) is 5.91 Å². The van der Waals surface area contributed by atoms with Crippen molar-refractivity contribution in [2.45, 2.75) is 31.6 Å². The molecule has 1 saturated heterocycles. The Morgan fingerprint density at radius 3 is 2.67 bits per heavy atom. The number of ether oxygens (including phenoxy) is 1. The molecule has 3 heterocycles. The first-order chi connectivity index (χ1) is 14.5. The Balaban J connectivity index is 1.41. The molecule has 1 fully saturated rings. The quantitative estimate of drug-likeness (QED) is 0.701. The molecule has 2 amide bonds. The van der Waals surface area contributed by atoms with Crippen LogP contribution in [0.5, 0.6) is 0 Å². The van der Waals surface area contributed by atoms with E-state index in [-0.39, 0.29) is 18.1 Å². The summed E-state index contributed by atoms with van der Waals surface area (Å²) in [4.78, 5) is 26.7. The van der Waals surface area contributed by atoms with E-state index in [4.69, 9.17) is 22.1 Å². The molecule has 5 rings (SSSR count). The predicted molar refractivity (Wildman–Crippen MR) is 114 cm³/mol. The third kappa shape index (κ3) is 3.07. The molecule has 7 heteroatoms. The van der Waals surface area contributed by atoms with Gasteiger partial charge in [0.1, 0.15) is 6.54 Å². The number of hydrogen-bond donors (Lipinski definition) is 1. The fraction of sp³-hybridized carbons (Fsp3) is 0.304. The Labute approximate surface area is 179 Å². The smallest absolute Gasteiger partial charge is 0.256 e. The van der Waals surface area contributed by atoms with Crippen molar-refractivity contribution in [1.29, 1.82) is 0 Å². The number of likely N-dealkylation sites (tertiary alicyclic amines) is 1. The Morgan fingerprint density at radius 1 is 1.13 bits per heavy atom. The minimum absolute atomic E-state index is 0.00213. The highest BCUT2D eigenvalue weighted by molar-refractivity contribution is 6.31. The van der Waals surface area contributed by atoms with Crippen molar-refractivity contribution in [3.63, 3.8) is 0 Å². The van der Waals surface area contributed by atoms with Gasteiger partial charge in [-0.3, -0.25) is 9.59 Å². The lowest BCUT2D eigenvalue weighted by molar-refractivity contribution is -0.118. The number of primary amides is 1. The Hall–Kier alpha value is -2.83. The zero-order chi connectivity index (χ0) is 20.9. The molecule has 2 aromatic carbocycles. The number of nitrogens with zero attached hydrogens (tertiary/aromatic N) is 2. The van der Waals surface area contributed by atoms with E-state index in [1.165, 1.54) is 11.1 Å². The van der Waals surface area contributed by atoms with Crippen molar-refractivity contribution in [1.82, 2.24) is 9.47 Å². The second-order valence-corrected chi connectivity index (χ2v) is 8.47. The summed E-state index contributed by atoms with van der Waals surface area (Å²) in [6, 6.07) is 13.7. The number of amides is 2. The summed E-state index contributed by atoms with van der Waals surface area (Å²) >= 11 is 6.14. The number of carbonyl (C=O) groups is 2. The molecule has 30 heavy (non-hydrogen) atoms. The van der Waals surface area contributed by atoms with E-state index in [0.717, 1.165) is 23.7 Å². The molecule has 6 nitrogen and oxygen atoms in total. The van der Waals surface area contributed by atoms with Gasteiger partial charge in [-0.25, -0.2) is 0 Å². The zero-order valence-corrected chi connectivity index (χ0v) is 17.2. The fourth-order valence-corrected chi connectivity index (χ4v) is 4.94. The number of aromatic nitrogens is 1. The van der Waals surface area contributed by atoms with Gasteiger partial charge < -0.3 is 19.9 Å². The number of piperidine rings is 1. The van der Waals surface area contributed by atoms with Crippen LogP contribution in [0.25, 0.3) is 10.9 Å². The second-order valence-electron chi connectivity index (χ2n) is 8.03. The highest BCUT2D eigenvalue weighted by Crippen LogP contribution is 2.44. The van der Waals surface area contributed by atoms with Crippen LogP contribution >= 0.6 is 11.6 Å². The second kappa shape index (κ2) is 7.15. The van der Waals surface area contributed by atoms with Crippen LogP contribution in [0.3, 0.4) is 0 Å². The van der Waals surface area contributed by atoms with Gasteiger partial charge in [0.15, 0.2) is 0 Å². The molecule has 0 atom stereocenters. The zero-order valence-electron chi connectivity index (χ0n) is 16.4. The largest absolute Gasteiger partial charge is 0.368 e. The highest BCUT2D eigenvalue weighted by Gasteiger charge is 2.43. The van der Waals surface area contributed by atoms with Crippen molar-refractivity contribution in [2.24, 2.45) is 5.73 Å². The number of hydrogen-bond acceptors (Lipinski definition) is 3. The molecule has 3 aromatic rings. The maximum atomic E-state index is 13.4. The van der Waals surface area contributed by atoms with Crippen molar-refractivity contribution < 1.29 is 14.3 Å². The summed E-state index contributed by atoms with van der Waals surface area (Å²) in [5, 5.41) is 1.32. The molecule has 0 unspecified atom stereocenters. The van der Waals surface area contributed by atoms with Crippen LogP contribution in [0.4, 0.5) is 0 Å². The Kier molecular flexibility index (Phi) is 4.56. The molecule has 2 aliphatic rings. The lowest BCUT2D eigenvalue weighted by Crippen LogP contribution is -2.45. The molecule has 0 aliphatic carbocycles. The van der Waals surface area contributed by atoms with Crippen LogP contribution in [-0.2, 0) is 28.3 Å². The summed E-state index contributed by atoms with van der Waals surface area (Å²) in [6.45, 7) is 1.86. The number of fused-ring (bicyclic) bond motifs is 3. The van der Waals surface area contributed by atoms with Gasteiger partial charge in [0.25, 0.3) is 5.91 Å². The molecular formula is C23H22ClN3O3.